The molecule has 2 aliphatic heterocycles. The van der Waals surface area contributed by atoms with E-state index >= 15 is 0 Å². The zero-order valence-electron chi connectivity index (χ0n) is 33.7. The lowest BCUT2D eigenvalue weighted by Crippen LogP contribution is -2.34. The number of rotatable bonds is 31. The van der Waals surface area contributed by atoms with Gasteiger partial charge < -0.3 is 23.7 Å². The molecule has 2 unspecified atom stereocenters. The Balaban J connectivity index is 1.71. The average molecular weight is 741 g/mol. The molecule has 8 heteroatoms. The number of esters is 3. The standard InChI is InChI=1S/C45H72O8/c1-5-7-9-11-13-15-17-19-21-23-25-27-29-31-33-35-39(46)50-42-41(38-37-49-45(3,4)53-38)52-44(48)43(42)51-40(47)36-34-32-30-28-26-24-22-20-18-16-14-12-10-8-6-2/h13-16,19-22,38,41H,5-12,17-18,23-37H2,1-4H3. The van der Waals surface area contributed by atoms with Crippen LogP contribution in [0.3, 0.4) is 0 Å². The van der Waals surface area contributed by atoms with Crippen LogP contribution < -0.4 is 0 Å². The van der Waals surface area contributed by atoms with Crippen molar-refractivity contribution < 1.29 is 38.1 Å². The van der Waals surface area contributed by atoms with Crippen LogP contribution in [0.25, 0.3) is 0 Å². The maximum atomic E-state index is 12.9. The van der Waals surface area contributed by atoms with Gasteiger partial charge in [-0.3, -0.25) is 9.59 Å². The van der Waals surface area contributed by atoms with Crippen LogP contribution in [0.1, 0.15) is 182 Å². The van der Waals surface area contributed by atoms with Crippen molar-refractivity contribution in [3.8, 4) is 0 Å². The minimum Gasteiger partial charge on any atom is -0.445 e. The summed E-state index contributed by atoms with van der Waals surface area (Å²) in [6, 6.07) is 0. The first-order chi connectivity index (χ1) is 25.8. The van der Waals surface area contributed by atoms with Gasteiger partial charge in [0.25, 0.3) is 5.76 Å². The molecule has 0 aromatic carbocycles. The molecule has 2 rings (SSSR count). The highest BCUT2D eigenvalue weighted by Gasteiger charge is 2.49. The Kier molecular flexibility index (Phi) is 25.6. The van der Waals surface area contributed by atoms with Crippen molar-refractivity contribution in [2.45, 2.75) is 200 Å². The number of ether oxygens (including phenoxy) is 5. The van der Waals surface area contributed by atoms with Gasteiger partial charge in [0, 0.05) is 12.8 Å². The molecule has 0 spiro atoms. The van der Waals surface area contributed by atoms with Gasteiger partial charge in [-0.1, -0.05) is 127 Å². The zero-order valence-corrected chi connectivity index (χ0v) is 33.7. The lowest BCUT2D eigenvalue weighted by molar-refractivity contribution is -0.165. The van der Waals surface area contributed by atoms with Crippen molar-refractivity contribution in [3.63, 3.8) is 0 Å². The topological polar surface area (TPSA) is 97.4 Å². The summed E-state index contributed by atoms with van der Waals surface area (Å²) >= 11 is 0. The van der Waals surface area contributed by atoms with Crippen molar-refractivity contribution in [1.29, 1.82) is 0 Å². The molecule has 53 heavy (non-hydrogen) atoms. The predicted octanol–water partition coefficient (Wildman–Crippen LogP) is 12.0. The Morgan fingerprint density at radius 1 is 0.623 bits per heavy atom. The monoisotopic (exact) mass is 741 g/mol. The third-order valence-corrected chi connectivity index (χ3v) is 9.37. The Hall–Kier alpha value is -2.97. The van der Waals surface area contributed by atoms with E-state index < -0.39 is 35.9 Å². The molecule has 0 aliphatic carbocycles. The van der Waals surface area contributed by atoms with Crippen molar-refractivity contribution in [3.05, 3.63) is 60.1 Å². The first-order valence-corrected chi connectivity index (χ1v) is 21.1. The molecule has 1 fully saturated rings. The molecule has 0 aromatic heterocycles. The molecule has 2 atom stereocenters. The molecule has 2 heterocycles. The van der Waals surface area contributed by atoms with Gasteiger partial charge in [-0.05, 0) is 90.9 Å². The summed E-state index contributed by atoms with van der Waals surface area (Å²) in [4.78, 5) is 38.6. The van der Waals surface area contributed by atoms with E-state index in [0.717, 1.165) is 77.0 Å². The van der Waals surface area contributed by atoms with Gasteiger partial charge in [-0.25, -0.2) is 4.79 Å². The van der Waals surface area contributed by atoms with Crippen LogP contribution in [0.4, 0.5) is 0 Å². The van der Waals surface area contributed by atoms with Gasteiger partial charge in [0.1, 0.15) is 6.10 Å². The van der Waals surface area contributed by atoms with Crippen LogP contribution in [0.5, 0.6) is 0 Å². The summed E-state index contributed by atoms with van der Waals surface area (Å²) < 4.78 is 28.3. The summed E-state index contributed by atoms with van der Waals surface area (Å²) in [6.07, 6.45) is 40.4. The number of hydrogen-bond acceptors (Lipinski definition) is 8. The zero-order chi connectivity index (χ0) is 38.4. The molecule has 8 nitrogen and oxygen atoms in total. The summed E-state index contributed by atoms with van der Waals surface area (Å²) in [5.41, 5.74) is 0. The Morgan fingerprint density at radius 3 is 1.51 bits per heavy atom. The number of carbonyl (C=O) groups is 3. The Morgan fingerprint density at radius 2 is 1.06 bits per heavy atom. The van der Waals surface area contributed by atoms with E-state index in [-0.39, 0.29) is 31.0 Å². The number of hydrogen-bond donors (Lipinski definition) is 0. The van der Waals surface area contributed by atoms with E-state index in [0.29, 0.717) is 12.8 Å². The number of cyclic esters (lactones) is 1. The smallest absolute Gasteiger partial charge is 0.378 e. The van der Waals surface area contributed by atoms with Crippen LogP contribution in [0.2, 0.25) is 0 Å². The van der Waals surface area contributed by atoms with E-state index in [4.69, 9.17) is 23.7 Å². The average Bonchev–Trinajstić information content (AvgIpc) is 3.65. The quantitative estimate of drug-likeness (QED) is 0.0300. The first-order valence-electron chi connectivity index (χ1n) is 21.1. The van der Waals surface area contributed by atoms with Crippen LogP contribution in [-0.2, 0) is 38.1 Å². The van der Waals surface area contributed by atoms with Crippen molar-refractivity contribution in [2.24, 2.45) is 0 Å². The molecule has 300 valence electrons. The van der Waals surface area contributed by atoms with E-state index in [1.807, 2.05) is 0 Å². The van der Waals surface area contributed by atoms with Crippen molar-refractivity contribution in [2.75, 3.05) is 6.61 Å². The van der Waals surface area contributed by atoms with Gasteiger partial charge in [-0.2, -0.15) is 0 Å². The van der Waals surface area contributed by atoms with Crippen LogP contribution >= 0.6 is 0 Å². The molecule has 1 saturated heterocycles. The molecular formula is C45H72O8. The largest absolute Gasteiger partial charge is 0.445 e. The van der Waals surface area contributed by atoms with Crippen molar-refractivity contribution >= 4 is 17.9 Å². The van der Waals surface area contributed by atoms with Gasteiger partial charge in [0.15, 0.2) is 11.9 Å². The van der Waals surface area contributed by atoms with Crippen LogP contribution in [-0.4, -0.2) is 42.5 Å². The van der Waals surface area contributed by atoms with Crippen molar-refractivity contribution in [1.82, 2.24) is 0 Å². The molecule has 0 saturated carbocycles. The maximum absolute atomic E-state index is 12.9. The first kappa shape index (κ1) is 46.2. The van der Waals surface area contributed by atoms with Gasteiger partial charge in [0.05, 0.1) is 6.61 Å². The fourth-order valence-electron chi connectivity index (χ4n) is 6.26. The van der Waals surface area contributed by atoms with E-state index in [9.17, 15) is 14.4 Å². The minimum absolute atomic E-state index is 0.0951. The molecule has 0 amide bonds. The molecule has 0 radical (unpaired) electrons. The van der Waals surface area contributed by atoms with Crippen LogP contribution in [0.15, 0.2) is 60.1 Å². The summed E-state index contributed by atoms with van der Waals surface area (Å²) in [5.74, 6) is -3.21. The number of carbonyl (C=O) groups excluding carboxylic acids is 3. The van der Waals surface area contributed by atoms with E-state index in [1.54, 1.807) is 13.8 Å². The Bertz CT molecular complexity index is 1180. The van der Waals surface area contributed by atoms with E-state index in [1.165, 1.54) is 51.4 Å². The third kappa shape index (κ3) is 22.1. The van der Waals surface area contributed by atoms with Crippen LogP contribution in [0, 0.1) is 0 Å². The normalized spacial score (nSPS) is 18.8. The SMILES string of the molecule is CCCCCC=CCC=CCCCCCCCC(=O)OC1=C(OC(=O)CCCCCCCC=CCC=CCCCCC)C(C2COC(C)(C)O2)OC1=O. The van der Waals surface area contributed by atoms with Gasteiger partial charge >= 0.3 is 17.9 Å². The van der Waals surface area contributed by atoms with Gasteiger partial charge in [-0.15, -0.1) is 0 Å². The highest BCUT2D eigenvalue weighted by atomic mass is 16.8. The molecule has 0 aromatic rings. The fraction of sp³-hybridized carbons (Fsp3) is 0.711. The lowest BCUT2D eigenvalue weighted by atomic mass is 10.1. The lowest BCUT2D eigenvalue weighted by Gasteiger charge is -2.21. The molecular weight excluding hydrogens is 668 g/mol. The summed E-state index contributed by atoms with van der Waals surface area (Å²) in [5, 5.41) is 0. The number of allylic oxidation sites excluding steroid dienone is 8. The van der Waals surface area contributed by atoms with Gasteiger partial charge in [0.2, 0.25) is 5.76 Å². The highest BCUT2D eigenvalue weighted by molar-refractivity contribution is 5.93. The second-order valence-electron chi connectivity index (χ2n) is 14.8. The molecule has 0 N–H and O–H groups in total. The predicted molar refractivity (Wildman–Crippen MR) is 213 cm³/mol. The molecule has 2 aliphatic rings. The minimum atomic E-state index is -1.03. The maximum Gasteiger partial charge on any atom is 0.378 e. The summed E-state index contributed by atoms with van der Waals surface area (Å²) in [6.45, 7) is 8.12. The second kappa shape index (κ2) is 29.4. The third-order valence-electron chi connectivity index (χ3n) is 9.37. The summed E-state index contributed by atoms with van der Waals surface area (Å²) in [7, 11) is 0. The fourth-order valence-corrected chi connectivity index (χ4v) is 6.26. The highest BCUT2D eigenvalue weighted by Crippen LogP contribution is 2.34. The molecule has 0 bridgehead atoms. The second-order valence-corrected chi connectivity index (χ2v) is 14.8. The number of unbranched alkanes of at least 4 members (excludes halogenated alkanes) is 16. The Labute approximate surface area is 321 Å². The van der Waals surface area contributed by atoms with E-state index in [2.05, 4.69) is 62.5 Å².